The summed E-state index contributed by atoms with van der Waals surface area (Å²) < 4.78 is 10.9. The minimum absolute atomic E-state index is 0.00522. The van der Waals surface area contributed by atoms with Crippen molar-refractivity contribution in [3.05, 3.63) is 64.2 Å². The predicted octanol–water partition coefficient (Wildman–Crippen LogP) is 3.83. The number of carbonyl (C=O) groups excluding carboxylic acids is 1. The van der Waals surface area contributed by atoms with E-state index in [1.54, 1.807) is 36.4 Å². The van der Waals surface area contributed by atoms with Crippen LogP contribution in [0.25, 0.3) is 0 Å². The normalized spacial score (nSPS) is 22.5. The largest absolute Gasteiger partial charge is 0.504 e. The van der Waals surface area contributed by atoms with Gasteiger partial charge in [-0.25, -0.2) is 0 Å². The molecule has 2 aliphatic heterocycles. The number of fused-ring (bicyclic) bond motifs is 1. The summed E-state index contributed by atoms with van der Waals surface area (Å²) in [4.78, 5) is 14.6. The van der Waals surface area contributed by atoms with E-state index in [0.29, 0.717) is 46.4 Å². The molecule has 166 valence electrons. The van der Waals surface area contributed by atoms with E-state index >= 15 is 0 Å². The Bertz CT molecular complexity index is 1110. The number of benzene rings is 2. The van der Waals surface area contributed by atoms with E-state index in [0.717, 1.165) is 0 Å². The van der Waals surface area contributed by atoms with Crippen LogP contribution in [0.5, 0.6) is 17.2 Å². The van der Waals surface area contributed by atoms with Crippen molar-refractivity contribution in [1.29, 1.82) is 5.26 Å². The molecule has 0 unspecified atom stereocenters. The number of phenolic OH excluding ortho intramolecular Hbond substituents is 1. The highest BCUT2D eigenvalue weighted by atomic mass is 32.2. The smallest absolute Gasteiger partial charge is 0.231 e. The number of nitriles is 1. The zero-order valence-corrected chi connectivity index (χ0v) is 18.7. The molecule has 0 spiro atoms. The number of ether oxygens (including phenoxy) is 2. The highest BCUT2D eigenvalue weighted by Gasteiger charge is 2.51. The van der Waals surface area contributed by atoms with Crippen LogP contribution in [0.3, 0.4) is 0 Å². The molecule has 0 bridgehead atoms. The molecule has 0 aromatic heterocycles. The number of rotatable bonds is 6. The number of phenols is 1. The summed E-state index contributed by atoms with van der Waals surface area (Å²) in [5, 5.41) is 32.0. The molecule has 1 amide bonds. The Labute approximate surface area is 190 Å². The van der Waals surface area contributed by atoms with Crippen LogP contribution >= 0.6 is 11.8 Å². The Morgan fingerprint density at radius 3 is 2.56 bits per heavy atom. The van der Waals surface area contributed by atoms with Gasteiger partial charge in [0.05, 0.1) is 35.6 Å². The molecule has 0 aliphatic carbocycles. The Kier molecular flexibility index (Phi) is 6.04. The second-order valence-corrected chi connectivity index (χ2v) is 8.50. The van der Waals surface area contributed by atoms with Crippen molar-refractivity contribution in [2.75, 3.05) is 19.0 Å². The van der Waals surface area contributed by atoms with E-state index in [9.17, 15) is 20.3 Å². The van der Waals surface area contributed by atoms with E-state index in [1.807, 2.05) is 13.8 Å². The standard InChI is InChI=1S/C24H24N2O5S/c1-3-30-17-8-6-16(7-9-17)24(29)14-32-23-19(13-25)18(12-22(28)26(23)24)15-5-10-20(27)21(11-15)31-4-2/h5-11,18,27,29H,3-4,12,14H2,1-2H3/t18-,24-/m0/s1. The van der Waals surface area contributed by atoms with Gasteiger partial charge < -0.3 is 19.7 Å². The lowest BCUT2D eigenvalue weighted by molar-refractivity contribution is -0.149. The number of nitrogens with zero attached hydrogens (tertiary/aromatic N) is 2. The Balaban J connectivity index is 1.73. The molecule has 2 aliphatic rings. The van der Waals surface area contributed by atoms with Gasteiger partial charge >= 0.3 is 0 Å². The molecule has 4 rings (SSSR count). The van der Waals surface area contributed by atoms with Crippen LogP contribution < -0.4 is 9.47 Å². The van der Waals surface area contributed by atoms with Gasteiger partial charge in [-0.2, -0.15) is 5.26 Å². The van der Waals surface area contributed by atoms with Gasteiger partial charge in [-0.05, 0) is 43.7 Å². The highest BCUT2D eigenvalue weighted by molar-refractivity contribution is 8.03. The van der Waals surface area contributed by atoms with Crippen LogP contribution in [-0.4, -0.2) is 40.0 Å². The molecule has 2 heterocycles. The average Bonchev–Trinajstić information content (AvgIpc) is 3.15. The summed E-state index contributed by atoms with van der Waals surface area (Å²) in [6.45, 7) is 4.62. The number of hydrogen-bond acceptors (Lipinski definition) is 7. The highest BCUT2D eigenvalue weighted by Crippen LogP contribution is 2.52. The van der Waals surface area contributed by atoms with Crippen molar-refractivity contribution in [2.45, 2.75) is 31.9 Å². The quantitative estimate of drug-likeness (QED) is 0.686. The molecule has 2 N–H and O–H groups in total. The predicted molar refractivity (Wildman–Crippen MR) is 120 cm³/mol. The summed E-state index contributed by atoms with van der Waals surface area (Å²) in [5.41, 5.74) is 0.154. The van der Waals surface area contributed by atoms with Gasteiger partial charge in [0, 0.05) is 17.9 Å². The van der Waals surface area contributed by atoms with Crippen molar-refractivity contribution >= 4 is 17.7 Å². The molecular formula is C24H24N2O5S. The summed E-state index contributed by atoms with van der Waals surface area (Å²) in [5.74, 6) is 0.476. The van der Waals surface area contributed by atoms with Crippen molar-refractivity contribution in [2.24, 2.45) is 0 Å². The number of thioether (sulfide) groups is 1. The van der Waals surface area contributed by atoms with E-state index in [4.69, 9.17) is 9.47 Å². The molecule has 0 radical (unpaired) electrons. The molecule has 2 aromatic rings. The average molecular weight is 453 g/mol. The minimum Gasteiger partial charge on any atom is -0.504 e. The maximum atomic E-state index is 13.3. The monoisotopic (exact) mass is 452 g/mol. The third kappa shape index (κ3) is 3.68. The first kappa shape index (κ1) is 22.1. The lowest BCUT2D eigenvalue weighted by Gasteiger charge is -2.38. The summed E-state index contributed by atoms with van der Waals surface area (Å²) >= 11 is 1.30. The minimum atomic E-state index is -1.54. The van der Waals surface area contributed by atoms with Gasteiger partial charge in [0.25, 0.3) is 0 Å². The number of amides is 1. The SMILES string of the molecule is CCOc1ccc([C@@]2(O)CSC3=C(C#N)[C@H](c4ccc(O)c(OCC)c4)CC(=O)N32)cc1. The van der Waals surface area contributed by atoms with Crippen LogP contribution in [0.1, 0.15) is 37.3 Å². The molecule has 2 aromatic carbocycles. The molecule has 1 saturated heterocycles. The van der Waals surface area contributed by atoms with Gasteiger partial charge in [0.1, 0.15) is 5.75 Å². The van der Waals surface area contributed by atoms with E-state index in [-0.39, 0.29) is 23.8 Å². The molecule has 0 saturated carbocycles. The van der Waals surface area contributed by atoms with Gasteiger partial charge in [-0.1, -0.05) is 18.2 Å². The number of aliphatic hydroxyl groups is 1. The van der Waals surface area contributed by atoms with Crippen molar-refractivity contribution in [3.8, 4) is 23.3 Å². The van der Waals surface area contributed by atoms with Crippen molar-refractivity contribution in [1.82, 2.24) is 4.90 Å². The van der Waals surface area contributed by atoms with E-state index in [1.165, 1.54) is 22.7 Å². The zero-order valence-electron chi connectivity index (χ0n) is 17.9. The van der Waals surface area contributed by atoms with Crippen molar-refractivity contribution < 1.29 is 24.5 Å². The Morgan fingerprint density at radius 2 is 1.91 bits per heavy atom. The third-order valence-corrected chi connectivity index (χ3v) is 6.85. The summed E-state index contributed by atoms with van der Waals surface area (Å²) in [6.07, 6.45) is 0.0304. The Morgan fingerprint density at radius 1 is 1.19 bits per heavy atom. The second-order valence-electron chi connectivity index (χ2n) is 7.54. The van der Waals surface area contributed by atoms with Crippen LogP contribution in [0.15, 0.2) is 53.1 Å². The number of hydrogen-bond donors (Lipinski definition) is 2. The van der Waals surface area contributed by atoms with Crippen LogP contribution in [0.2, 0.25) is 0 Å². The first-order valence-corrected chi connectivity index (χ1v) is 11.4. The summed E-state index contributed by atoms with van der Waals surface area (Å²) in [6, 6.07) is 14.1. The van der Waals surface area contributed by atoms with Gasteiger partial charge in [-0.3, -0.25) is 9.69 Å². The van der Waals surface area contributed by atoms with E-state index in [2.05, 4.69) is 6.07 Å². The van der Waals surface area contributed by atoms with Crippen LogP contribution in [-0.2, 0) is 10.5 Å². The van der Waals surface area contributed by atoms with Crippen LogP contribution in [0, 0.1) is 11.3 Å². The molecule has 7 nitrogen and oxygen atoms in total. The Hall–Kier alpha value is -3.15. The van der Waals surface area contributed by atoms with E-state index < -0.39 is 11.6 Å². The first-order valence-electron chi connectivity index (χ1n) is 10.4. The molecule has 8 heteroatoms. The fraction of sp³-hybridized carbons (Fsp3) is 0.333. The molecular weight excluding hydrogens is 428 g/mol. The van der Waals surface area contributed by atoms with Gasteiger partial charge in [-0.15, -0.1) is 11.8 Å². The van der Waals surface area contributed by atoms with Crippen molar-refractivity contribution in [3.63, 3.8) is 0 Å². The fourth-order valence-corrected chi connectivity index (χ4v) is 5.49. The number of carbonyl (C=O) groups is 1. The molecule has 2 atom stereocenters. The lowest BCUT2D eigenvalue weighted by atomic mass is 9.85. The molecule has 32 heavy (non-hydrogen) atoms. The zero-order chi connectivity index (χ0) is 22.9. The third-order valence-electron chi connectivity index (χ3n) is 5.62. The van der Waals surface area contributed by atoms with Gasteiger partial charge in [0.2, 0.25) is 5.91 Å². The summed E-state index contributed by atoms with van der Waals surface area (Å²) in [7, 11) is 0. The lowest BCUT2D eigenvalue weighted by Crippen LogP contribution is -2.48. The second kappa shape index (κ2) is 8.77. The number of allylic oxidation sites excluding steroid dienone is 1. The molecule has 1 fully saturated rings. The van der Waals surface area contributed by atoms with Gasteiger partial charge in [0.15, 0.2) is 17.2 Å². The van der Waals surface area contributed by atoms with Crippen LogP contribution in [0.4, 0.5) is 0 Å². The topological polar surface area (TPSA) is 103 Å². The maximum absolute atomic E-state index is 13.3. The maximum Gasteiger partial charge on any atom is 0.231 e. The fourth-order valence-electron chi connectivity index (χ4n) is 4.13. The number of aromatic hydroxyl groups is 1. The first-order chi connectivity index (χ1) is 15.4.